The lowest BCUT2D eigenvalue weighted by molar-refractivity contribution is -0.384. The minimum absolute atomic E-state index is 0.0589. The molecule has 11 heteroatoms. The van der Waals surface area contributed by atoms with Crippen molar-refractivity contribution >= 4 is 17.5 Å². The van der Waals surface area contributed by atoms with E-state index >= 15 is 0 Å². The number of anilines is 2. The van der Waals surface area contributed by atoms with Gasteiger partial charge < -0.3 is 9.88 Å². The van der Waals surface area contributed by atoms with Crippen LogP contribution in [0.4, 0.5) is 17.5 Å². The Morgan fingerprint density at radius 3 is 3.00 bits per heavy atom. The number of nitrogens with two attached hydrogens (primary N) is 1. The van der Waals surface area contributed by atoms with Gasteiger partial charge in [0.15, 0.2) is 5.82 Å². The second-order valence-electron chi connectivity index (χ2n) is 3.72. The lowest BCUT2D eigenvalue weighted by Crippen LogP contribution is -2.14. The number of nitrogens with zero attached hydrogens (tertiary/aromatic N) is 6. The highest BCUT2D eigenvalue weighted by molar-refractivity contribution is 5.56. The van der Waals surface area contributed by atoms with Crippen LogP contribution in [0.15, 0.2) is 12.5 Å². The number of nitrogens with one attached hydrogen (secondary N) is 2. The summed E-state index contributed by atoms with van der Waals surface area (Å²) in [6.07, 6.45) is 2.66. The van der Waals surface area contributed by atoms with Gasteiger partial charge in [-0.3, -0.25) is 15.5 Å². The molecular formula is C9H13N9O2. The summed E-state index contributed by atoms with van der Waals surface area (Å²) in [4.78, 5) is 17.9. The molecule has 20 heavy (non-hydrogen) atoms. The number of hydrogen-bond acceptors (Lipinski definition) is 9. The topological polar surface area (TPSA) is 150 Å². The lowest BCUT2D eigenvalue weighted by atomic mass is 10.4. The van der Waals surface area contributed by atoms with Crippen molar-refractivity contribution in [2.45, 2.75) is 20.0 Å². The van der Waals surface area contributed by atoms with Crippen LogP contribution in [0.25, 0.3) is 0 Å². The van der Waals surface area contributed by atoms with Crippen molar-refractivity contribution in [1.29, 1.82) is 0 Å². The van der Waals surface area contributed by atoms with Gasteiger partial charge in [0.05, 0.1) is 11.5 Å². The Morgan fingerprint density at radius 1 is 1.55 bits per heavy atom. The third-order valence-corrected chi connectivity index (χ3v) is 2.55. The van der Waals surface area contributed by atoms with Crippen LogP contribution in [0.5, 0.6) is 0 Å². The number of nitro groups is 1. The number of aryl methyl sites for hydroxylation is 1. The molecule has 4 N–H and O–H groups in total. The molecule has 106 valence electrons. The van der Waals surface area contributed by atoms with E-state index in [0.717, 1.165) is 6.20 Å². The zero-order chi connectivity index (χ0) is 14.5. The molecule has 2 heterocycles. The van der Waals surface area contributed by atoms with Gasteiger partial charge in [0, 0.05) is 6.54 Å². The van der Waals surface area contributed by atoms with Gasteiger partial charge in [-0.15, -0.1) is 10.2 Å². The van der Waals surface area contributed by atoms with E-state index < -0.39 is 4.92 Å². The Bertz CT molecular complexity index is 611. The first-order valence-corrected chi connectivity index (χ1v) is 5.74. The van der Waals surface area contributed by atoms with Crippen molar-refractivity contribution in [3.63, 3.8) is 0 Å². The van der Waals surface area contributed by atoms with E-state index in [-0.39, 0.29) is 24.0 Å². The summed E-state index contributed by atoms with van der Waals surface area (Å²) in [7, 11) is 0. The molecule has 0 atom stereocenters. The van der Waals surface area contributed by atoms with Gasteiger partial charge in [-0.25, -0.2) is 10.8 Å². The Hall–Kier alpha value is -2.82. The smallest absolute Gasteiger partial charge is 0.329 e. The van der Waals surface area contributed by atoms with Gasteiger partial charge in [0.1, 0.15) is 12.5 Å². The van der Waals surface area contributed by atoms with Crippen LogP contribution in [0.3, 0.4) is 0 Å². The van der Waals surface area contributed by atoms with E-state index in [9.17, 15) is 10.1 Å². The maximum Gasteiger partial charge on any atom is 0.329 e. The highest BCUT2D eigenvalue weighted by atomic mass is 16.6. The zero-order valence-corrected chi connectivity index (χ0v) is 10.6. The second-order valence-corrected chi connectivity index (χ2v) is 3.72. The van der Waals surface area contributed by atoms with Crippen molar-refractivity contribution in [3.05, 3.63) is 28.5 Å². The summed E-state index contributed by atoms with van der Waals surface area (Å²) in [5.74, 6) is 5.96. The van der Waals surface area contributed by atoms with E-state index in [1.54, 1.807) is 6.33 Å². The molecule has 0 spiro atoms. The Balaban J connectivity index is 2.21. The summed E-state index contributed by atoms with van der Waals surface area (Å²) in [6.45, 7) is 2.89. The molecule has 0 bridgehead atoms. The average Bonchev–Trinajstić information content (AvgIpc) is 2.91. The molecule has 11 nitrogen and oxygen atoms in total. The van der Waals surface area contributed by atoms with Crippen LogP contribution in [0.1, 0.15) is 12.7 Å². The standard InChI is InChI=1S/C9H13N9O2/c1-2-17-5-13-16-7(17)4-11-8-6(18(19)20)3-12-9(14-8)15-10/h3,5H,2,4,10H2,1H3,(H2,11,12,14,15). The van der Waals surface area contributed by atoms with Crippen LogP contribution in [0.2, 0.25) is 0 Å². The zero-order valence-electron chi connectivity index (χ0n) is 10.6. The van der Waals surface area contributed by atoms with Crippen LogP contribution < -0.4 is 16.6 Å². The van der Waals surface area contributed by atoms with Crippen molar-refractivity contribution in [2.24, 2.45) is 5.84 Å². The number of nitrogen functional groups attached to an aromatic ring is 1. The summed E-state index contributed by atoms with van der Waals surface area (Å²) in [5, 5.41) is 21.4. The summed E-state index contributed by atoms with van der Waals surface area (Å²) >= 11 is 0. The van der Waals surface area contributed by atoms with Crippen molar-refractivity contribution in [1.82, 2.24) is 24.7 Å². The minimum Gasteiger partial charge on any atom is -0.357 e. The molecule has 2 aromatic heterocycles. The second kappa shape index (κ2) is 5.88. The summed E-state index contributed by atoms with van der Waals surface area (Å²) < 4.78 is 1.81. The molecule has 0 aliphatic carbocycles. The van der Waals surface area contributed by atoms with Crippen molar-refractivity contribution < 1.29 is 4.92 Å². The van der Waals surface area contributed by atoms with Crippen LogP contribution in [0, 0.1) is 10.1 Å². The van der Waals surface area contributed by atoms with Crippen LogP contribution >= 0.6 is 0 Å². The lowest BCUT2D eigenvalue weighted by Gasteiger charge is -2.07. The maximum atomic E-state index is 10.9. The molecule has 0 radical (unpaired) electrons. The largest absolute Gasteiger partial charge is 0.357 e. The molecule has 0 aromatic carbocycles. The molecular weight excluding hydrogens is 266 g/mol. The number of rotatable bonds is 6. The fraction of sp³-hybridized carbons (Fsp3) is 0.333. The molecule has 0 saturated carbocycles. The molecule has 0 fully saturated rings. The molecule has 0 aliphatic rings. The summed E-state index contributed by atoms with van der Waals surface area (Å²) in [6, 6.07) is 0. The monoisotopic (exact) mass is 279 g/mol. The first-order chi connectivity index (χ1) is 9.65. The molecule has 0 unspecified atom stereocenters. The van der Waals surface area contributed by atoms with Gasteiger partial charge in [0.25, 0.3) is 0 Å². The van der Waals surface area contributed by atoms with Gasteiger partial charge in [0.2, 0.25) is 11.8 Å². The van der Waals surface area contributed by atoms with E-state index in [1.807, 2.05) is 11.5 Å². The third kappa shape index (κ3) is 2.77. The Morgan fingerprint density at radius 2 is 2.35 bits per heavy atom. The molecule has 2 aromatic rings. The first-order valence-electron chi connectivity index (χ1n) is 5.74. The molecule has 0 amide bonds. The molecule has 0 saturated heterocycles. The first kappa shape index (κ1) is 13.6. The predicted molar refractivity (Wildman–Crippen MR) is 69.5 cm³/mol. The number of hydrazine groups is 1. The number of aromatic nitrogens is 5. The van der Waals surface area contributed by atoms with E-state index in [4.69, 9.17) is 5.84 Å². The fourth-order valence-corrected chi connectivity index (χ4v) is 1.55. The quantitative estimate of drug-likeness (QED) is 0.374. The highest BCUT2D eigenvalue weighted by Gasteiger charge is 2.17. The molecule has 2 rings (SSSR count). The minimum atomic E-state index is -0.576. The van der Waals surface area contributed by atoms with E-state index in [0.29, 0.717) is 12.4 Å². The number of hydrogen-bond donors (Lipinski definition) is 3. The van der Waals surface area contributed by atoms with Gasteiger partial charge in [-0.1, -0.05) is 0 Å². The average molecular weight is 279 g/mol. The SMILES string of the molecule is CCn1cnnc1CNc1nc(NN)ncc1[N+](=O)[O-]. The predicted octanol–water partition coefficient (Wildman–Crippen LogP) is -0.106. The Labute approximate surface area is 113 Å². The summed E-state index contributed by atoms with van der Waals surface area (Å²) in [5.41, 5.74) is 1.99. The van der Waals surface area contributed by atoms with Crippen molar-refractivity contribution in [2.75, 3.05) is 10.7 Å². The van der Waals surface area contributed by atoms with Crippen LogP contribution in [-0.2, 0) is 13.1 Å². The Kier molecular flexibility index (Phi) is 4.00. The maximum absolute atomic E-state index is 10.9. The van der Waals surface area contributed by atoms with Crippen LogP contribution in [-0.4, -0.2) is 29.7 Å². The fourth-order valence-electron chi connectivity index (χ4n) is 1.55. The van der Waals surface area contributed by atoms with Gasteiger partial charge >= 0.3 is 5.69 Å². The van der Waals surface area contributed by atoms with Crippen molar-refractivity contribution in [3.8, 4) is 0 Å². The van der Waals surface area contributed by atoms with E-state index in [1.165, 1.54) is 0 Å². The highest BCUT2D eigenvalue weighted by Crippen LogP contribution is 2.22. The molecule has 0 aliphatic heterocycles. The van der Waals surface area contributed by atoms with E-state index in [2.05, 4.69) is 30.9 Å². The van der Waals surface area contributed by atoms with Gasteiger partial charge in [-0.2, -0.15) is 4.98 Å². The van der Waals surface area contributed by atoms with Gasteiger partial charge in [-0.05, 0) is 6.92 Å². The normalized spacial score (nSPS) is 10.3. The third-order valence-electron chi connectivity index (χ3n) is 2.55.